The van der Waals surface area contributed by atoms with Crippen molar-refractivity contribution in [2.24, 2.45) is 17.8 Å². The molecule has 110 valence electrons. The number of anilines is 1. The van der Waals surface area contributed by atoms with Gasteiger partial charge in [-0.05, 0) is 25.0 Å². The minimum absolute atomic E-state index is 0.00855. The Bertz CT molecular complexity index is 567. The van der Waals surface area contributed by atoms with Crippen LogP contribution >= 0.6 is 0 Å². The number of carbonyl (C=O) groups is 2. The SMILES string of the molecule is O=C(C1CCC1)N1C[C@@H]2CN(c3ccccc3)C(=O)[C@@H]2C1. The summed E-state index contributed by atoms with van der Waals surface area (Å²) in [6.07, 6.45) is 3.25. The van der Waals surface area contributed by atoms with Gasteiger partial charge >= 0.3 is 0 Å². The third-order valence-electron chi connectivity index (χ3n) is 5.28. The molecule has 1 saturated carbocycles. The van der Waals surface area contributed by atoms with Crippen LogP contribution in [0.15, 0.2) is 30.3 Å². The van der Waals surface area contributed by atoms with Gasteiger partial charge in [0.15, 0.2) is 0 Å². The highest BCUT2D eigenvalue weighted by Crippen LogP contribution is 2.37. The van der Waals surface area contributed by atoms with E-state index in [4.69, 9.17) is 0 Å². The van der Waals surface area contributed by atoms with Crippen LogP contribution in [0, 0.1) is 17.8 Å². The molecule has 4 nitrogen and oxygen atoms in total. The third kappa shape index (κ3) is 2.04. The van der Waals surface area contributed by atoms with E-state index in [1.54, 1.807) is 0 Å². The second-order valence-electron chi connectivity index (χ2n) is 6.52. The molecule has 2 saturated heterocycles. The largest absolute Gasteiger partial charge is 0.341 e. The monoisotopic (exact) mass is 284 g/mol. The predicted octanol–water partition coefficient (Wildman–Crippen LogP) is 1.91. The normalized spacial score (nSPS) is 28.7. The number of benzene rings is 1. The molecule has 21 heavy (non-hydrogen) atoms. The molecule has 0 unspecified atom stereocenters. The van der Waals surface area contributed by atoms with E-state index < -0.39 is 0 Å². The van der Waals surface area contributed by atoms with Crippen LogP contribution in [-0.4, -0.2) is 36.3 Å². The van der Waals surface area contributed by atoms with Crippen molar-refractivity contribution in [1.29, 1.82) is 0 Å². The summed E-state index contributed by atoms with van der Waals surface area (Å²) in [6, 6.07) is 9.85. The number of likely N-dealkylation sites (tertiary alicyclic amines) is 1. The van der Waals surface area contributed by atoms with Gasteiger partial charge in [-0.15, -0.1) is 0 Å². The highest BCUT2D eigenvalue weighted by Gasteiger charge is 2.48. The van der Waals surface area contributed by atoms with Crippen molar-refractivity contribution in [3.63, 3.8) is 0 Å². The number of para-hydroxylation sites is 1. The van der Waals surface area contributed by atoms with Crippen molar-refractivity contribution in [3.05, 3.63) is 30.3 Å². The molecule has 0 radical (unpaired) electrons. The van der Waals surface area contributed by atoms with E-state index in [-0.39, 0.29) is 23.7 Å². The number of fused-ring (bicyclic) bond motifs is 1. The van der Waals surface area contributed by atoms with Crippen LogP contribution in [0.2, 0.25) is 0 Å². The summed E-state index contributed by atoms with van der Waals surface area (Å²) in [5, 5.41) is 0. The van der Waals surface area contributed by atoms with Gasteiger partial charge in [0.05, 0.1) is 5.92 Å². The Balaban J connectivity index is 1.46. The molecule has 3 aliphatic rings. The number of hydrogen-bond donors (Lipinski definition) is 0. The molecule has 4 rings (SSSR count). The molecule has 1 aliphatic carbocycles. The highest BCUT2D eigenvalue weighted by molar-refractivity contribution is 5.98. The van der Waals surface area contributed by atoms with E-state index in [9.17, 15) is 9.59 Å². The lowest BCUT2D eigenvalue weighted by atomic mass is 9.84. The average molecular weight is 284 g/mol. The smallest absolute Gasteiger partial charge is 0.232 e. The van der Waals surface area contributed by atoms with E-state index in [0.717, 1.165) is 31.6 Å². The van der Waals surface area contributed by atoms with E-state index in [1.165, 1.54) is 6.42 Å². The van der Waals surface area contributed by atoms with Gasteiger partial charge in [0.2, 0.25) is 11.8 Å². The van der Waals surface area contributed by atoms with Crippen molar-refractivity contribution in [3.8, 4) is 0 Å². The zero-order chi connectivity index (χ0) is 14.4. The van der Waals surface area contributed by atoms with Crippen LogP contribution in [0.4, 0.5) is 5.69 Å². The maximum atomic E-state index is 12.6. The average Bonchev–Trinajstić information content (AvgIpc) is 2.98. The first kappa shape index (κ1) is 12.9. The first-order valence-corrected chi connectivity index (χ1v) is 7.89. The van der Waals surface area contributed by atoms with Crippen LogP contribution in [0.3, 0.4) is 0 Å². The molecular weight excluding hydrogens is 264 g/mol. The zero-order valence-electron chi connectivity index (χ0n) is 12.1. The van der Waals surface area contributed by atoms with Gasteiger partial charge in [0, 0.05) is 37.2 Å². The summed E-state index contributed by atoms with van der Waals surface area (Å²) in [7, 11) is 0. The molecule has 2 aliphatic heterocycles. The molecule has 0 bridgehead atoms. The maximum absolute atomic E-state index is 12.6. The molecule has 0 spiro atoms. The number of carbonyl (C=O) groups excluding carboxylic acids is 2. The summed E-state index contributed by atoms with van der Waals surface area (Å²) >= 11 is 0. The van der Waals surface area contributed by atoms with Crippen molar-refractivity contribution < 1.29 is 9.59 Å². The summed E-state index contributed by atoms with van der Waals surface area (Å²) in [4.78, 5) is 28.7. The minimum atomic E-state index is 0.00855. The molecule has 3 fully saturated rings. The first-order chi connectivity index (χ1) is 10.2. The Morgan fingerprint density at radius 1 is 1.05 bits per heavy atom. The van der Waals surface area contributed by atoms with Gasteiger partial charge < -0.3 is 9.80 Å². The van der Waals surface area contributed by atoms with E-state index >= 15 is 0 Å². The van der Waals surface area contributed by atoms with E-state index in [2.05, 4.69) is 0 Å². The van der Waals surface area contributed by atoms with Crippen molar-refractivity contribution >= 4 is 17.5 Å². The van der Waals surface area contributed by atoms with E-state index in [0.29, 0.717) is 12.5 Å². The highest BCUT2D eigenvalue weighted by atomic mass is 16.2. The fourth-order valence-corrected chi connectivity index (χ4v) is 3.79. The zero-order valence-corrected chi connectivity index (χ0v) is 12.1. The summed E-state index contributed by atoms with van der Waals surface area (Å²) in [6.45, 7) is 2.14. The summed E-state index contributed by atoms with van der Waals surface area (Å²) < 4.78 is 0. The number of amides is 2. The third-order valence-corrected chi connectivity index (χ3v) is 5.28. The second-order valence-corrected chi connectivity index (χ2v) is 6.52. The fourth-order valence-electron chi connectivity index (χ4n) is 3.79. The van der Waals surface area contributed by atoms with Gasteiger partial charge in [-0.25, -0.2) is 0 Å². The summed E-state index contributed by atoms with van der Waals surface area (Å²) in [5.41, 5.74) is 0.980. The second kappa shape index (κ2) is 4.86. The molecule has 2 atom stereocenters. The first-order valence-electron chi connectivity index (χ1n) is 7.89. The minimum Gasteiger partial charge on any atom is -0.341 e. The van der Waals surface area contributed by atoms with Gasteiger partial charge in [0.1, 0.15) is 0 Å². The fraction of sp³-hybridized carbons (Fsp3) is 0.529. The van der Waals surface area contributed by atoms with Crippen molar-refractivity contribution in [2.45, 2.75) is 19.3 Å². The molecule has 1 aromatic rings. The molecule has 2 amide bonds. The van der Waals surface area contributed by atoms with Crippen LogP contribution in [0.1, 0.15) is 19.3 Å². The molecule has 0 aromatic heterocycles. The molecule has 4 heteroatoms. The number of nitrogens with zero attached hydrogens (tertiary/aromatic N) is 2. The molecule has 1 aromatic carbocycles. The molecule has 0 N–H and O–H groups in total. The van der Waals surface area contributed by atoms with E-state index in [1.807, 2.05) is 40.1 Å². The molecular formula is C17H20N2O2. The number of hydrogen-bond acceptors (Lipinski definition) is 2. The standard InChI is InChI=1S/C17H20N2O2/c20-16(12-5-4-6-12)18-9-13-10-19(17(21)15(13)11-18)14-7-2-1-3-8-14/h1-3,7-8,12-13,15H,4-6,9-11H2/t13-,15-/m1/s1. The van der Waals surface area contributed by atoms with Crippen LogP contribution in [0.5, 0.6) is 0 Å². The van der Waals surface area contributed by atoms with Crippen molar-refractivity contribution in [2.75, 3.05) is 24.5 Å². The number of rotatable bonds is 2. The molecule has 2 heterocycles. The predicted molar refractivity (Wildman–Crippen MR) is 79.7 cm³/mol. The Labute approximate surface area is 124 Å². The Kier molecular flexibility index (Phi) is 2.98. The van der Waals surface area contributed by atoms with Crippen LogP contribution < -0.4 is 4.90 Å². The maximum Gasteiger partial charge on any atom is 0.232 e. The lowest BCUT2D eigenvalue weighted by molar-refractivity contribution is -0.137. The van der Waals surface area contributed by atoms with Crippen LogP contribution in [-0.2, 0) is 9.59 Å². The van der Waals surface area contributed by atoms with Gasteiger partial charge in [-0.3, -0.25) is 9.59 Å². The van der Waals surface area contributed by atoms with Gasteiger partial charge in [0.25, 0.3) is 0 Å². The Morgan fingerprint density at radius 2 is 1.81 bits per heavy atom. The van der Waals surface area contributed by atoms with Crippen LogP contribution in [0.25, 0.3) is 0 Å². The lowest BCUT2D eigenvalue weighted by Crippen LogP contribution is -2.40. The van der Waals surface area contributed by atoms with Gasteiger partial charge in [-0.2, -0.15) is 0 Å². The van der Waals surface area contributed by atoms with Crippen molar-refractivity contribution in [1.82, 2.24) is 4.90 Å². The Hall–Kier alpha value is -1.84. The lowest BCUT2D eigenvalue weighted by Gasteiger charge is -2.30. The quantitative estimate of drug-likeness (QED) is 0.832. The topological polar surface area (TPSA) is 40.6 Å². The summed E-state index contributed by atoms with van der Waals surface area (Å²) in [5.74, 6) is 1.03. The Morgan fingerprint density at radius 3 is 2.43 bits per heavy atom. The van der Waals surface area contributed by atoms with Gasteiger partial charge in [-0.1, -0.05) is 24.6 Å².